The maximum Gasteiger partial charge on any atom is 0.490 e. The fourth-order valence-electron chi connectivity index (χ4n) is 4.70. The highest BCUT2D eigenvalue weighted by atomic mass is 32.2. The zero-order valence-electron chi connectivity index (χ0n) is 22.7. The van der Waals surface area contributed by atoms with Crippen molar-refractivity contribution in [2.24, 2.45) is 0 Å². The van der Waals surface area contributed by atoms with E-state index in [1.807, 2.05) is 39.0 Å². The normalized spacial score (nSPS) is 16.1. The zero-order valence-corrected chi connectivity index (χ0v) is 23.5. The molecular weight excluding hydrogens is 561 g/mol. The van der Waals surface area contributed by atoms with Gasteiger partial charge in [-0.25, -0.2) is 23.2 Å². The number of anilines is 2. The number of carbonyl (C=O) groups is 1. The number of rotatable bonds is 5. The number of aryl methyl sites for hydroxylation is 3. The van der Waals surface area contributed by atoms with E-state index in [4.69, 9.17) is 19.9 Å². The molecule has 1 aliphatic carbocycles. The van der Waals surface area contributed by atoms with Crippen molar-refractivity contribution in [3.05, 3.63) is 52.6 Å². The Bertz CT molecular complexity index is 1600. The van der Waals surface area contributed by atoms with Crippen molar-refractivity contribution in [3.8, 4) is 6.07 Å². The number of hydrogen-bond donors (Lipinski definition) is 2. The number of nitriles is 1. The number of piperazine rings is 1. The number of carboxylic acids is 1. The van der Waals surface area contributed by atoms with Crippen LogP contribution in [0.4, 0.5) is 24.8 Å². The highest BCUT2D eigenvalue weighted by molar-refractivity contribution is 7.89. The van der Waals surface area contributed by atoms with E-state index in [-0.39, 0.29) is 0 Å². The van der Waals surface area contributed by atoms with Crippen LogP contribution in [-0.2, 0) is 14.8 Å². The molecule has 2 aromatic carbocycles. The fraction of sp³-hybridized carbons (Fsp3) is 0.407. The summed E-state index contributed by atoms with van der Waals surface area (Å²) >= 11 is 0. The van der Waals surface area contributed by atoms with Gasteiger partial charge in [-0.1, -0.05) is 17.7 Å². The number of nitrogens with zero attached hydrogens (tertiary/aromatic N) is 5. The van der Waals surface area contributed by atoms with Gasteiger partial charge in [-0.2, -0.15) is 22.7 Å². The van der Waals surface area contributed by atoms with Crippen LogP contribution in [0.2, 0.25) is 0 Å². The van der Waals surface area contributed by atoms with Crippen LogP contribution >= 0.6 is 0 Å². The first-order valence-corrected chi connectivity index (χ1v) is 14.3. The number of nitrogens with one attached hydrogen (secondary N) is 1. The second-order valence-electron chi connectivity index (χ2n) is 10.1. The molecule has 2 fully saturated rings. The molecule has 0 atom stereocenters. The van der Waals surface area contributed by atoms with Crippen molar-refractivity contribution in [3.63, 3.8) is 0 Å². The first-order chi connectivity index (χ1) is 19.2. The van der Waals surface area contributed by atoms with Gasteiger partial charge < -0.3 is 15.3 Å². The molecule has 10 nitrogen and oxygen atoms in total. The molecule has 14 heteroatoms. The lowest BCUT2D eigenvalue weighted by Crippen LogP contribution is -2.49. The molecule has 218 valence electrons. The van der Waals surface area contributed by atoms with Gasteiger partial charge in [0.2, 0.25) is 10.0 Å². The second kappa shape index (κ2) is 11.5. The standard InChI is InChI=1S/C25H28N6O2S.C2HF3O2/c1-16-12-17(2)23(18(3)13-16)34(32,33)31-10-8-30(9-11-31)25-24(27-20-5-6-20)28-21-7-4-19(15-26)14-22(21)29-25;3-2(4,5)1(6)7/h4,7,12-14,20H,5-6,8-11H2,1-3H3,(H,27,28);(H,6,7). The summed E-state index contributed by atoms with van der Waals surface area (Å²) in [6.07, 6.45) is -2.87. The molecule has 0 radical (unpaired) electrons. The number of aromatic nitrogens is 2. The molecule has 0 unspecified atom stereocenters. The molecule has 1 saturated carbocycles. The van der Waals surface area contributed by atoms with Crippen LogP contribution in [0.1, 0.15) is 35.1 Å². The van der Waals surface area contributed by atoms with Crippen LogP contribution in [0.25, 0.3) is 11.0 Å². The van der Waals surface area contributed by atoms with E-state index in [1.54, 1.807) is 16.4 Å². The Hall–Kier alpha value is -3.96. The Labute approximate surface area is 235 Å². The van der Waals surface area contributed by atoms with Crippen molar-refractivity contribution in [2.45, 2.75) is 50.7 Å². The summed E-state index contributed by atoms with van der Waals surface area (Å²) < 4.78 is 60.3. The van der Waals surface area contributed by atoms with E-state index in [1.165, 1.54) is 0 Å². The lowest BCUT2D eigenvalue weighted by molar-refractivity contribution is -0.192. The molecule has 3 aromatic rings. The zero-order chi connectivity index (χ0) is 30.1. The van der Waals surface area contributed by atoms with Gasteiger partial charge in [0.25, 0.3) is 0 Å². The number of benzene rings is 2. The maximum atomic E-state index is 13.5. The number of fused-ring (bicyclic) bond motifs is 1. The van der Waals surface area contributed by atoms with Crippen molar-refractivity contribution in [1.82, 2.24) is 14.3 Å². The first-order valence-electron chi connectivity index (χ1n) is 12.8. The van der Waals surface area contributed by atoms with Crippen LogP contribution in [-0.4, -0.2) is 72.2 Å². The molecule has 5 rings (SSSR count). The molecule has 2 N–H and O–H groups in total. The lowest BCUT2D eigenvalue weighted by Gasteiger charge is -2.35. The van der Waals surface area contributed by atoms with Gasteiger partial charge in [-0.05, 0) is 62.9 Å². The average Bonchev–Trinajstić information content (AvgIpc) is 3.71. The van der Waals surface area contributed by atoms with Gasteiger partial charge >= 0.3 is 12.1 Å². The molecule has 2 aliphatic rings. The van der Waals surface area contributed by atoms with E-state index >= 15 is 0 Å². The third-order valence-electron chi connectivity index (χ3n) is 6.68. The van der Waals surface area contributed by atoms with Gasteiger partial charge in [0.15, 0.2) is 11.6 Å². The molecule has 1 saturated heterocycles. The number of aliphatic carboxylic acids is 1. The maximum absolute atomic E-state index is 13.5. The minimum Gasteiger partial charge on any atom is -0.475 e. The Balaban J connectivity index is 0.000000493. The van der Waals surface area contributed by atoms with Crippen molar-refractivity contribution in [1.29, 1.82) is 5.26 Å². The Morgan fingerprint density at radius 3 is 2.12 bits per heavy atom. The van der Waals surface area contributed by atoms with Gasteiger partial charge in [0.05, 0.1) is 27.6 Å². The number of halogens is 3. The van der Waals surface area contributed by atoms with Crippen molar-refractivity contribution < 1.29 is 31.5 Å². The van der Waals surface area contributed by atoms with Crippen molar-refractivity contribution >= 4 is 38.7 Å². The number of sulfonamides is 1. The Morgan fingerprint density at radius 2 is 1.61 bits per heavy atom. The van der Waals surface area contributed by atoms with Gasteiger partial charge in [-0.3, -0.25) is 0 Å². The fourth-order valence-corrected chi connectivity index (χ4v) is 6.53. The molecule has 0 amide bonds. The minimum atomic E-state index is -5.08. The van der Waals surface area contributed by atoms with Crippen LogP contribution in [0, 0.1) is 32.1 Å². The topological polar surface area (TPSA) is 140 Å². The first kappa shape index (κ1) is 30.0. The quantitative estimate of drug-likeness (QED) is 0.449. The van der Waals surface area contributed by atoms with E-state index in [2.05, 4.69) is 16.3 Å². The summed E-state index contributed by atoms with van der Waals surface area (Å²) in [4.78, 5) is 21.1. The summed E-state index contributed by atoms with van der Waals surface area (Å²) in [5, 5.41) is 19.9. The molecule has 0 bridgehead atoms. The van der Waals surface area contributed by atoms with Gasteiger partial charge in [0.1, 0.15) is 0 Å². The molecule has 41 heavy (non-hydrogen) atoms. The van der Waals surface area contributed by atoms with Crippen LogP contribution < -0.4 is 10.2 Å². The monoisotopic (exact) mass is 590 g/mol. The van der Waals surface area contributed by atoms with Crippen LogP contribution in [0.15, 0.2) is 35.2 Å². The molecule has 1 aromatic heterocycles. The molecule has 2 heterocycles. The highest BCUT2D eigenvalue weighted by Crippen LogP contribution is 2.32. The molecular formula is C27H29F3N6O4S. The largest absolute Gasteiger partial charge is 0.490 e. The lowest BCUT2D eigenvalue weighted by atomic mass is 10.1. The smallest absolute Gasteiger partial charge is 0.475 e. The SMILES string of the molecule is Cc1cc(C)c(S(=O)(=O)N2CCN(c3nc4cc(C#N)ccc4nc3NC3CC3)CC2)c(C)c1.O=C(O)C(F)(F)F. The Morgan fingerprint density at radius 1 is 1.02 bits per heavy atom. The van der Waals surface area contributed by atoms with Crippen LogP contribution in [0.3, 0.4) is 0 Å². The number of alkyl halides is 3. The predicted octanol–water partition coefficient (Wildman–Crippen LogP) is 4.15. The minimum absolute atomic E-state index is 0.371. The van der Waals surface area contributed by atoms with Crippen molar-refractivity contribution in [2.75, 3.05) is 36.4 Å². The molecule has 0 spiro atoms. The number of carboxylic acid groups (broad SMARTS) is 1. The average molecular weight is 591 g/mol. The van der Waals surface area contributed by atoms with E-state index in [9.17, 15) is 26.9 Å². The van der Waals surface area contributed by atoms with Crippen LogP contribution in [0.5, 0.6) is 0 Å². The second-order valence-corrected chi connectivity index (χ2v) is 11.9. The third kappa shape index (κ3) is 6.86. The third-order valence-corrected chi connectivity index (χ3v) is 8.88. The van der Waals surface area contributed by atoms with Gasteiger partial charge in [0, 0.05) is 32.2 Å². The summed E-state index contributed by atoms with van der Waals surface area (Å²) in [6, 6.07) is 11.7. The summed E-state index contributed by atoms with van der Waals surface area (Å²) in [5.74, 6) is -1.32. The summed E-state index contributed by atoms with van der Waals surface area (Å²) in [6.45, 7) is 7.47. The summed E-state index contributed by atoms with van der Waals surface area (Å²) in [5.41, 5.74) is 4.56. The van der Waals surface area contributed by atoms with E-state index in [0.717, 1.165) is 40.9 Å². The van der Waals surface area contributed by atoms with Gasteiger partial charge in [-0.15, -0.1) is 0 Å². The van der Waals surface area contributed by atoms with E-state index in [0.29, 0.717) is 54.0 Å². The number of hydrogen-bond acceptors (Lipinski definition) is 8. The molecule has 1 aliphatic heterocycles. The Kier molecular flexibility index (Phi) is 8.41. The highest BCUT2D eigenvalue weighted by Gasteiger charge is 2.38. The summed E-state index contributed by atoms with van der Waals surface area (Å²) in [7, 11) is -3.59. The predicted molar refractivity (Wildman–Crippen MR) is 146 cm³/mol. The van der Waals surface area contributed by atoms with E-state index < -0.39 is 22.2 Å².